The van der Waals surface area contributed by atoms with Crippen molar-refractivity contribution in [2.45, 2.75) is 6.92 Å². The average molecular weight is 313 g/mol. The minimum Gasteiger partial charge on any atom is -0.496 e. The maximum Gasteiger partial charge on any atom is 0.258 e. The lowest BCUT2D eigenvalue weighted by molar-refractivity contribution is 0.0986. The number of rotatable bonds is 3. The number of hydrogen-bond donors (Lipinski definition) is 1. The lowest BCUT2D eigenvalue weighted by atomic mass is 10.1. The zero-order chi connectivity index (χ0) is 16.4. The van der Waals surface area contributed by atoms with E-state index in [1.165, 1.54) is 0 Å². The van der Waals surface area contributed by atoms with Gasteiger partial charge in [0.2, 0.25) is 0 Å². The molecule has 0 spiro atoms. The molecule has 120 valence electrons. The highest BCUT2D eigenvalue weighted by molar-refractivity contribution is 6.08. The van der Waals surface area contributed by atoms with Crippen molar-refractivity contribution >= 4 is 17.4 Å². The summed E-state index contributed by atoms with van der Waals surface area (Å²) < 4.78 is 10.7. The molecule has 6 heteroatoms. The number of fused-ring (bicyclic) bond motifs is 1. The van der Waals surface area contributed by atoms with Crippen molar-refractivity contribution in [3.05, 3.63) is 41.6 Å². The molecule has 0 saturated heterocycles. The van der Waals surface area contributed by atoms with Crippen molar-refractivity contribution < 1.29 is 14.3 Å². The maximum absolute atomic E-state index is 13.0. The number of aromatic nitrogens is 1. The Labute approximate surface area is 135 Å². The van der Waals surface area contributed by atoms with Gasteiger partial charge in [0, 0.05) is 30.4 Å². The van der Waals surface area contributed by atoms with E-state index >= 15 is 0 Å². The van der Waals surface area contributed by atoms with Gasteiger partial charge >= 0.3 is 0 Å². The van der Waals surface area contributed by atoms with E-state index in [0.29, 0.717) is 30.2 Å². The van der Waals surface area contributed by atoms with Gasteiger partial charge in [-0.05, 0) is 31.2 Å². The second kappa shape index (κ2) is 6.16. The van der Waals surface area contributed by atoms with Crippen LogP contribution in [0.3, 0.4) is 0 Å². The van der Waals surface area contributed by atoms with Crippen molar-refractivity contribution in [1.29, 1.82) is 0 Å². The third kappa shape index (κ3) is 2.67. The number of methoxy groups -OCH3 is 2. The molecule has 2 aromatic rings. The molecule has 0 radical (unpaired) electrons. The molecule has 1 N–H and O–H groups in total. The minimum absolute atomic E-state index is 0.0997. The molecule has 0 aliphatic carbocycles. The number of amides is 1. The molecule has 1 aromatic heterocycles. The molecule has 1 aromatic carbocycles. The summed E-state index contributed by atoms with van der Waals surface area (Å²) >= 11 is 0. The van der Waals surface area contributed by atoms with E-state index in [0.717, 1.165) is 17.1 Å². The van der Waals surface area contributed by atoms with Crippen molar-refractivity contribution in [3.63, 3.8) is 0 Å². The number of pyridine rings is 1. The van der Waals surface area contributed by atoms with Crippen LogP contribution >= 0.6 is 0 Å². The van der Waals surface area contributed by atoms with Crippen LogP contribution < -0.4 is 19.7 Å². The Hall–Kier alpha value is -2.76. The van der Waals surface area contributed by atoms with Crippen LogP contribution in [0.25, 0.3) is 0 Å². The fraction of sp³-hybridized carbons (Fsp3) is 0.294. The lowest BCUT2D eigenvalue weighted by Crippen LogP contribution is -2.39. The Morgan fingerprint density at radius 2 is 1.96 bits per heavy atom. The third-order valence-corrected chi connectivity index (χ3v) is 3.95. The van der Waals surface area contributed by atoms with E-state index < -0.39 is 0 Å². The number of nitrogens with zero attached hydrogens (tertiary/aromatic N) is 2. The Morgan fingerprint density at radius 3 is 2.61 bits per heavy atom. The van der Waals surface area contributed by atoms with Crippen molar-refractivity contribution in [1.82, 2.24) is 4.98 Å². The molecular formula is C17H19N3O3. The summed E-state index contributed by atoms with van der Waals surface area (Å²) in [5.74, 6) is 1.89. The number of hydrogen-bond acceptors (Lipinski definition) is 5. The van der Waals surface area contributed by atoms with Gasteiger partial charge in [0.1, 0.15) is 17.3 Å². The molecule has 1 aliphatic heterocycles. The summed E-state index contributed by atoms with van der Waals surface area (Å²) in [4.78, 5) is 19.0. The van der Waals surface area contributed by atoms with E-state index in [9.17, 15) is 4.79 Å². The monoisotopic (exact) mass is 313 g/mol. The van der Waals surface area contributed by atoms with Crippen LogP contribution in [0.4, 0.5) is 11.5 Å². The van der Waals surface area contributed by atoms with Gasteiger partial charge in [-0.15, -0.1) is 0 Å². The highest BCUT2D eigenvalue weighted by atomic mass is 16.5. The molecule has 3 rings (SSSR count). The topological polar surface area (TPSA) is 63.7 Å². The molecule has 0 atom stereocenters. The van der Waals surface area contributed by atoms with E-state index in [-0.39, 0.29) is 5.91 Å². The van der Waals surface area contributed by atoms with Crippen LogP contribution in [0.2, 0.25) is 0 Å². The van der Waals surface area contributed by atoms with Crippen molar-refractivity contribution in [3.8, 4) is 11.5 Å². The smallest absolute Gasteiger partial charge is 0.258 e. The Morgan fingerprint density at radius 1 is 1.26 bits per heavy atom. The molecule has 1 aliphatic rings. The quantitative estimate of drug-likeness (QED) is 0.943. The number of benzene rings is 1. The minimum atomic E-state index is -0.0997. The van der Waals surface area contributed by atoms with Gasteiger partial charge in [0.05, 0.1) is 19.9 Å². The summed E-state index contributed by atoms with van der Waals surface area (Å²) in [5, 5.41) is 3.20. The molecular weight excluding hydrogens is 294 g/mol. The number of ether oxygens (including phenoxy) is 2. The predicted molar refractivity (Wildman–Crippen MR) is 88.7 cm³/mol. The van der Waals surface area contributed by atoms with Gasteiger partial charge in [-0.25, -0.2) is 4.98 Å². The molecule has 0 unspecified atom stereocenters. The third-order valence-electron chi connectivity index (χ3n) is 3.95. The van der Waals surface area contributed by atoms with Crippen LogP contribution in [0.5, 0.6) is 11.5 Å². The van der Waals surface area contributed by atoms with Gasteiger partial charge in [0.15, 0.2) is 0 Å². The standard InChI is InChI=1S/C17H19N3O3/c1-11-14(22-2)9-12(10-15(11)23-3)17(21)20-8-7-19-16-13(20)5-4-6-18-16/h4-6,9-10H,7-8H2,1-3H3,(H,18,19). The van der Waals surface area contributed by atoms with E-state index in [1.807, 2.05) is 19.1 Å². The summed E-state index contributed by atoms with van der Waals surface area (Å²) in [6.45, 7) is 3.14. The normalized spacial score (nSPS) is 13.1. The first-order valence-corrected chi connectivity index (χ1v) is 7.39. The zero-order valence-electron chi connectivity index (χ0n) is 13.4. The fourth-order valence-electron chi connectivity index (χ4n) is 2.73. The van der Waals surface area contributed by atoms with E-state index in [1.54, 1.807) is 37.4 Å². The molecule has 1 amide bonds. The first-order valence-electron chi connectivity index (χ1n) is 7.39. The molecule has 6 nitrogen and oxygen atoms in total. The largest absolute Gasteiger partial charge is 0.496 e. The van der Waals surface area contributed by atoms with E-state index in [4.69, 9.17) is 9.47 Å². The lowest BCUT2D eigenvalue weighted by Gasteiger charge is -2.29. The molecule has 0 fully saturated rings. The Kier molecular flexibility index (Phi) is 4.06. The number of carbonyl (C=O) groups excluding carboxylic acids is 1. The molecule has 23 heavy (non-hydrogen) atoms. The second-order valence-corrected chi connectivity index (χ2v) is 5.26. The van der Waals surface area contributed by atoms with Crippen molar-refractivity contribution in [2.24, 2.45) is 0 Å². The summed E-state index contributed by atoms with van der Waals surface area (Å²) in [6, 6.07) is 7.20. The second-order valence-electron chi connectivity index (χ2n) is 5.26. The molecule has 2 heterocycles. The first kappa shape index (κ1) is 15.1. The van der Waals surface area contributed by atoms with Crippen LogP contribution in [0.15, 0.2) is 30.5 Å². The van der Waals surface area contributed by atoms with E-state index in [2.05, 4.69) is 10.3 Å². The van der Waals surface area contributed by atoms with Gasteiger partial charge in [-0.2, -0.15) is 0 Å². The summed E-state index contributed by atoms with van der Waals surface area (Å²) in [6.07, 6.45) is 1.71. The van der Waals surface area contributed by atoms with Crippen LogP contribution in [-0.4, -0.2) is 38.2 Å². The number of anilines is 2. The van der Waals surface area contributed by atoms with Gasteiger partial charge < -0.3 is 19.7 Å². The van der Waals surface area contributed by atoms with Crippen molar-refractivity contribution in [2.75, 3.05) is 37.5 Å². The van der Waals surface area contributed by atoms with Gasteiger partial charge in [-0.1, -0.05) is 0 Å². The van der Waals surface area contributed by atoms with Crippen LogP contribution in [0, 0.1) is 6.92 Å². The summed E-state index contributed by atoms with van der Waals surface area (Å²) in [5.41, 5.74) is 2.18. The van der Waals surface area contributed by atoms with Crippen LogP contribution in [0.1, 0.15) is 15.9 Å². The molecule has 0 saturated carbocycles. The number of nitrogens with one attached hydrogen (secondary N) is 1. The maximum atomic E-state index is 13.0. The Balaban J connectivity index is 2.02. The molecule has 0 bridgehead atoms. The fourth-order valence-corrected chi connectivity index (χ4v) is 2.73. The zero-order valence-corrected chi connectivity index (χ0v) is 13.4. The predicted octanol–water partition coefficient (Wildman–Crippen LogP) is 2.48. The highest BCUT2D eigenvalue weighted by Gasteiger charge is 2.25. The van der Waals surface area contributed by atoms with Gasteiger partial charge in [-0.3, -0.25) is 4.79 Å². The number of carbonyl (C=O) groups is 1. The SMILES string of the molecule is COc1cc(C(=O)N2CCNc3ncccc32)cc(OC)c1C. The average Bonchev–Trinajstić information content (AvgIpc) is 2.60. The summed E-state index contributed by atoms with van der Waals surface area (Å²) in [7, 11) is 3.17. The van der Waals surface area contributed by atoms with Gasteiger partial charge in [0.25, 0.3) is 5.91 Å². The van der Waals surface area contributed by atoms with Crippen LogP contribution in [-0.2, 0) is 0 Å². The first-order chi connectivity index (χ1) is 11.2. The highest BCUT2D eigenvalue weighted by Crippen LogP contribution is 2.32. The Bertz CT molecular complexity index is 721.